The second kappa shape index (κ2) is 6.50. The fraction of sp³-hybridized carbons (Fsp3) is 0.200. The first-order valence-corrected chi connectivity index (χ1v) is 6.21. The molecule has 0 unspecified atom stereocenters. The lowest BCUT2D eigenvalue weighted by molar-refractivity contribution is -0.143. The molecule has 9 heteroatoms. The first kappa shape index (κ1) is 19.5. The van der Waals surface area contributed by atoms with Gasteiger partial charge >= 0.3 is 18.3 Å². The molecule has 0 aliphatic heterocycles. The summed E-state index contributed by atoms with van der Waals surface area (Å²) in [5, 5.41) is 9.05. The highest BCUT2D eigenvalue weighted by molar-refractivity contribution is 5.89. The number of hydrogen-bond acceptors (Lipinski definition) is 2. The van der Waals surface area contributed by atoms with E-state index in [1.807, 2.05) is 0 Å². The van der Waals surface area contributed by atoms with Crippen LogP contribution in [0.15, 0.2) is 48.5 Å². The molecule has 0 aliphatic rings. The number of alkyl halides is 6. The van der Waals surface area contributed by atoms with Crippen molar-refractivity contribution >= 4 is 12.2 Å². The largest absolute Gasteiger partial charge is 0.479 e. The lowest BCUT2D eigenvalue weighted by Gasteiger charge is -2.16. The average molecular weight is 351 g/mol. The number of aliphatic imine (C=N–C) groups is 1. The van der Waals surface area contributed by atoms with Crippen molar-refractivity contribution < 1.29 is 36.2 Å². The maximum Gasteiger partial charge on any atom is 0.416 e. The number of carboxylic acid groups (broad SMARTS) is 1. The quantitative estimate of drug-likeness (QED) is 0.487. The van der Waals surface area contributed by atoms with Crippen LogP contribution >= 0.6 is 0 Å². The molecule has 0 aromatic heterocycles. The van der Waals surface area contributed by atoms with Crippen LogP contribution in [0.3, 0.4) is 0 Å². The van der Waals surface area contributed by atoms with E-state index < -0.39 is 40.6 Å². The molecular formula is C15H11F6NO2. The van der Waals surface area contributed by atoms with Gasteiger partial charge < -0.3 is 5.11 Å². The Morgan fingerprint density at radius 1 is 0.958 bits per heavy atom. The lowest BCUT2D eigenvalue weighted by atomic mass is 10.0. The van der Waals surface area contributed by atoms with Gasteiger partial charge in [-0.15, -0.1) is 0 Å². The van der Waals surface area contributed by atoms with Crippen LogP contribution in [0.5, 0.6) is 0 Å². The summed E-state index contributed by atoms with van der Waals surface area (Å²) in [7, 11) is 0. The average Bonchev–Trinajstić information content (AvgIpc) is 2.46. The molecule has 1 N–H and O–H groups in total. The Bertz CT molecular complexity index is 648. The van der Waals surface area contributed by atoms with Gasteiger partial charge in [-0.3, -0.25) is 4.99 Å². The van der Waals surface area contributed by atoms with E-state index in [1.165, 1.54) is 0 Å². The van der Waals surface area contributed by atoms with Gasteiger partial charge in [0.05, 0.1) is 11.1 Å². The molecule has 0 fully saturated rings. The zero-order chi connectivity index (χ0) is 18.8. The van der Waals surface area contributed by atoms with Gasteiger partial charge in [0.25, 0.3) is 0 Å². The first-order chi connectivity index (χ1) is 10.9. The molecule has 0 atom stereocenters. The molecule has 1 rings (SSSR count). The normalized spacial score (nSPS) is 13.1. The van der Waals surface area contributed by atoms with Gasteiger partial charge in [-0.1, -0.05) is 13.2 Å². The van der Waals surface area contributed by atoms with Crippen molar-refractivity contribution in [1.82, 2.24) is 0 Å². The number of carboxylic acids is 1. The summed E-state index contributed by atoms with van der Waals surface area (Å²) in [5.74, 6) is -1.54. The summed E-state index contributed by atoms with van der Waals surface area (Å²) in [4.78, 5) is 14.7. The molecule has 0 amide bonds. The maximum atomic E-state index is 12.7. The molecule has 3 nitrogen and oxygen atoms in total. The Morgan fingerprint density at radius 3 is 1.67 bits per heavy atom. The molecule has 0 bridgehead atoms. The van der Waals surface area contributed by atoms with Gasteiger partial charge in [0.2, 0.25) is 0 Å². The smallest absolute Gasteiger partial charge is 0.416 e. The fourth-order valence-electron chi connectivity index (χ4n) is 1.65. The third-order valence-corrected chi connectivity index (χ3v) is 3.00. The minimum absolute atomic E-state index is 0.0389. The molecular weight excluding hydrogens is 340 g/mol. The monoisotopic (exact) mass is 351 g/mol. The predicted molar refractivity (Wildman–Crippen MR) is 74.8 cm³/mol. The van der Waals surface area contributed by atoms with Gasteiger partial charge in [-0.2, -0.15) is 26.3 Å². The van der Waals surface area contributed by atoms with Crippen LogP contribution in [0, 0.1) is 0 Å². The molecule has 0 aliphatic carbocycles. The summed E-state index contributed by atoms with van der Waals surface area (Å²) in [5.41, 5.74) is -5.69. The van der Waals surface area contributed by atoms with Crippen LogP contribution in [0.25, 0.3) is 0 Å². The molecule has 1 aromatic rings. The molecule has 0 heterocycles. The Hall–Kier alpha value is -2.58. The highest BCUT2D eigenvalue weighted by Gasteiger charge is 2.37. The number of rotatable bonds is 5. The minimum Gasteiger partial charge on any atom is -0.479 e. The zero-order valence-electron chi connectivity index (χ0n) is 11.9. The Morgan fingerprint density at radius 2 is 1.38 bits per heavy atom. The van der Waals surface area contributed by atoms with Crippen molar-refractivity contribution in [3.05, 3.63) is 60.2 Å². The van der Waals surface area contributed by atoms with Crippen LogP contribution in [-0.2, 0) is 17.1 Å². The van der Waals surface area contributed by atoms with Crippen molar-refractivity contribution in [2.45, 2.75) is 17.9 Å². The van der Waals surface area contributed by atoms with Crippen LogP contribution in [0.1, 0.15) is 16.7 Å². The molecule has 0 saturated heterocycles. The van der Waals surface area contributed by atoms with E-state index in [4.69, 9.17) is 5.11 Å². The molecule has 1 aromatic carbocycles. The van der Waals surface area contributed by atoms with E-state index in [0.717, 1.165) is 12.2 Å². The lowest BCUT2D eigenvalue weighted by Crippen LogP contribution is -2.31. The van der Waals surface area contributed by atoms with Gasteiger partial charge in [0, 0.05) is 6.21 Å². The Labute approximate surface area is 132 Å². The predicted octanol–water partition coefficient (Wildman–Crippen LogP) is 4.34. The minimum atomic E-state index is -5.01. The van der Waals surface area contributed by atoms with E-state index in [-0.39, 0.29) is 6.07 Å². The Kier molecular flexibility index (Phi) is 5.27. The summed E-state index contributed by atoms with van der Waals surface area (Å²) >= 11 is 0. The summed E-state index contributed by atoms with van der Waals surface area (Å²) < 4.78 is 76.4. The SMILES string of the molecule is C=CC(C=C)(/N=C/c1cc(C(F)(F)F)cc(C(F)(F)F)c1)C(=O)O. The zero-order valence-corrected chi connectivity index (χ0v) is 11.9. The molecule has 130 valence electrons. The number of halogens is 6. The van der Waals surface area contributed by atoms with E-state index >= 15 is 0 Å². The van der Waals surface area contributed by atoms with E-state index in [0.29, 0.717) is 18.3 Å². The number of carbonyl (C=O) groups is 1. The van der Waals surface area contributed by atoms with Crippen LogP contribution in [0.2, 0.25) is 0 Å². The van der Waals surface area contributed by atoms with E-state index in [1.54, 1.807) is 0 Å². The third-order valence-electron chi connectivity index (χ3n) is 3.00. The molecule has 0 saturated carbocycles. The summed E-state index contributed by atoms with van der Waals surface area (Å²) in [6, 6.07) is 0.817. The summed E-state index contributed by atoms with van der Waals surface area (Å²) in [6.07, 6.45) is -7.73. The first-order valence-electron chi connectivity index (χ1n) is 6.21. The Balaban J connectivity index is 3.48. The number of nitrogens with zero attached hydrogens (tertiary/aromatic N) is 1. The van der Waals surface area contributed by atoms with Gasteiger partial charge in [0.1, 0.15) is 0 Å². The van der Waals surface area contributed by atoms with Crippen LogP contribution < -0.4 is 0 Å². The van der Waals surface area contributed by atoms with Crippen LogP contribution in [-0.4, -0.2) is 22.8 Å². The third kappa shape index (κ3) is 4.24. The highest BCUT2D eigenvalue weighted by atomic mass is 19.4. The highest BCUT2D eigenvalue weighted by Crippen LogP contribution is 2.36. The second-order valence-electron chi connectivity index (χ2n) is 4.64. The maximum absolute atomic E-state index is 12.7. The van der Waals surface area contributed by atoms with Gasteiger partial charge in [-0.25, -0.2) is 4.79 Å². The molecule has 0 radical (unpaired) electrons. The van der Waals surface area contributed by atoms with E-state index in [2.05, 4.69) is 18.2 Å². The topological polar surface area (TPSA) is 49.7 Å². The van der Waals surface area contributed by atoms with Crippen molar-refractivity contribution in [2.75, 3.05) is 0 Å². The number of hydrogen-bond donors (Lipinski definition) is 1. The van der Waals surface area contributed by atoms with E-state index in [9.17, 15) is 31.1 Å². The van der Waals surface area contributed by atoms with Gasteiger partial charge in [-0.05, 0) is 35.9 Å². The number of aliphatic carboxylic acids is 1. The van der Waals surface area contributed by atoms with Crippen molar-refractivity contribution in [1.29, 1.82) is 0 Å². The fourth-order valence-corrected chi connectivity index (χ4v) is 1.65. The standard InChI is InChI=1S/C15H11F6NO2/c1-3-13(4-2,12(23)24)22-8-9-5-10(14(16,17)18)7-11(6-9)15(19,20)21/h3-8H,1-2H2,(H,23,24)/b22-8+. The second-order valence-corrected chi connectivity index (χ2v) is 4.64. The molecule has 0 spiro atoms. The van der Waals surface area contributed by atoms with Crippen molar-refractivity contribution in [3.63, 3.8) is 0 Å². The van der Waals surface area contributed by atoms with Crippen LogP contribution in [0.4, 0.5) is 26.3 Å². The van der Waals surface area contributed by atoms with Gasteiger partial charge in [0.15, 0.2) is 5.54 Å². The molecule has 24 heavy (non-hydrogen) atoms. The number of benzene rings is 1. The van der Waals surface area contributed by atoms with Crippen molar-refractivity contribution in [2.24, 2.45) is 4.99 Å². The van der Waals surface area contributed by atoms with Crippen molar-refractivity contribution in [3.8, 4) is 0 Å². The summed E-state index contributed by atoms with van der Waals surface area (Å²) in [6.45, 7) is 6.45.